The normalized spacial score (nSPS) is 19.1. The third kappa shape index (κ3) is 3.64. The number of hydrogen-bond acceptors (Lipinski definition) is 4. The number of benzene rings is 3. The second kappa shape index (κ2) is 8.61. The fourth-order valence-corrected chi connectivity index (χ4v) is 5.79. The van der Waals surface area contributed by atoms with Crippen LogP contribution < -0.4 is 15.1 Å². The van der Waals surface area contributed by atoms with Gasteiger partial charge in [-0.3, -0.25) is 24.2 Å². The summed E-state index contributed by atoms with van der Waals surface area (Å²) >= 11 is 1.19. The Morgan fingerprint density at radius 1 is 1.06 bits per heavy atom. The van der Waals surface area contributed by atoms with Crippen LogP contribution in [0.2, 0.25) is 0 Å². The summed E-state index contributed by atoms with van der Waals surface area (Å²) in [5.74, 6) is -1.41. The Hall–Kier alpha value is -3.65. The lowest BCUT2D eigenvalue weighted by Gasteiger charge is -2.33. The SMILES string of the molecule is Cc1ccc(CNC(=O)CN2C(=O)[C@@]3(SCC(=O)N3c3cccc(F)c3)c3ccccc32)cc1. The molecule has 3 aromatic carbocycles. The number of carbonyl (C=O) groups excluding carboxylic acids is 3. The first-order chi connectivity index (χ1) is 16.4. The van der Waals surface area contributed by atoms with E-state index in [1.807, 2.05) is 31.2 Å². The first-order valence-corrected chi connectivity index (χ1v) is 11.8. The molecule has 2 aliphatic heterocycles. The summed E-state index contributed by atoms with van der Waals surface area (Å²) in [5, 5.41) is 2.87. The van der Waals surface area contributed by atoms with Gasteiger partial charge in [-0.15, -0.1) is 11.8 Å². The molecule has 1 saturated heterocycles. The molecule has 6 nitrogen and oxygen atoms in total. The molecule has 5 rings (SSSR count). The quantitative estimate of drug-likeness (QED) is 0.611. The summed E-state index contributed by atoms with van der Waals surface area (Å²) in [5.41, 5.74) is 3.58. The van der Waals surface area contributed by atoms with Crippen LogP contribution in [0.4, 0.5) is 15.8 Å². The Morgan fingerprint density at radius 2 is 1.82 bits per heavy atom. The minimum absolute atomic E-state index is 0.0735. The van der Waals surface area contributed by atoms with Gasteiger partial charge in [0.2, 0.25) is 16.7 Å². The second-order valence-electron chi connectivity index (χ2n) is 8.31. The van der Waals surface area contributed by atoms with Crippen molar-refractivity contribution in [3.63, 3.8) is 0 Å². The number of aryl methyl sites for hydroxylation is 1. The fourth-order valence-electron chi connectivity index (χ4n) is 4.43. The van der Waals surface area contributed by atoms with E-state index in [9.17, 15) is 18.8 Å². The molecule has 2 heterocycles. The smallest absolute Gasteiger partial charge is 0.269 e. The van der Waals surface area contributed by atoms with Gasteiger partial charge >= 0.3 is 0 Å². The molecule has 1 spiro atoms. The Morgan fingerprint density at radius 3 is 2.59 bits per heavy atom. The zero-order valence-corrected chi connectivity index (χ0v) is 19.3. The van der Waals surface area contributed by atoms with E-state index in [0.29, 0.717) is 23.5 Å². The Kier molecular flexibility index (Phi) is 5.61. The van der Waals surface area contributed by atoms with Gasteiger partial charge in [0.05, 0.1) is 11.4 Å². The highest BCUT2D eigenvalue weighted by molar-refractivity contribution is 8.02. The van der Waals surface area contributed by atoms with Gasteiger partial charge in [-0.25, -0.2) is 4.39 Å². The molecule has 2 aliphatic rings. The number of amides is 3. The highest BCUT2D eigenvalue weighted by atomic mass is 32.2. The molecule has 3 amide bonds. The molecule has 0 bridgehead atoms. The van der Waals surface area contributed by atoms with Gasteiger partial charge in [0, 0.05) is 17.8 Å². The van der Waals surface area contributed by atoms with Crippen molar-refractivity contribution >= 4 is 40.9 Å². The standard InChI is InChI=1S/C26H22FN3O3S/c1-17-9-11-18(12-10-17)14-28-23(31)15-29-22-8-3-2-7-21(22)26(25(29)33)30(24(32)16-34-26)20-6-4-5-19(27)13-20/h2-13H,14-16H2,1H3,(H,28,31)/t26-/m0/s1. The van der Waals surface area contributed by atoms with Crippen molar-refractivity contribution in [3.05, 3.63) is 95.3 Å². The molecule has 1 atom stereocenters. The number of nitrogens with one attached hydrogen (secondary N) is 1. The molecular formula is C26H22FN3O3S. The second-order valence-corrected chi connectivity index (χ2v) is 9.48. The summed E-state index contributed by atoms with van der Waals surface area (Å²) in [6, 6.07) is 20.6. The molecule has 0 aromatic heterocycles. The molecular weight excluding hydrogens is 453 g/mol. The van der Waals surface area contributed by atoms with Crippen molar-refractivity contribution in [2.75, 3.05) is 22.1 Å². The third-order valence-electron chi connectivity index (χ3n) is 6.04. The highest BCUT2D eigenvalue weighted by Crippen LogP contribution is 2.55. The first kappa shape index (κ1) is 22.2. The molecule has 8 heteroatoms. The predicted molar refractivity (Wildman–Crippen MR) is 130 cm³/mol. The van der Waals surface area contributed by atoms with Crippen LogP contribution in [0.25, 0.3) is 0 Å². The predicted octanol–water partition coefficient (Wildman–Crippen LogP) is 3.73. The zero-order valence-electron chi connectivity index (χ0n) is 18.5. The highest BCUT2D eigenvalue weighted by Gasteiger charge is 2.61. The number of nitrogens with zero attached hydrogens (tertiary/aromatic N) is 2. The molecule has 0 radical (unpaired) electrons. The van der Waals surface area contributed by atoms with Crippen molar-refractivity contribution in [2.45, 2.75) is 18.3 Å². The Balaban J connectivity index is 1.45. The number of halogens is 1. The van der Waals surface area contributed by atoms with E-state index in [4.69, 9.17) is 0 Å². The number of thioether (sulfide) groups is 1. The average molecular weight is 476 g/mol. The van der Waals surface area contributed by atoms with Crippen LogP contribution in [0.15, 0.2) is 72.8 Å². The maximum atomic E-state index is 14.0. The van der Waals surface area contributed by atoms with Gasteiger partial charge in [-0.2, -0.15) is 0 Å². The van der Waals surface area contributed by atoms with Gasteiger partial charge in [0.25, 0.3) is 5.91 Å². The summed E-state index contributed by atoms with van der Waals surface area (Å²) in [6.45, 7) is 2.15. The maximum absolute atomic E-state index is 14.0. The van der Waals surface area contributed by atoms with E-state index in [1.54, 1.807) is 30.3 Å². The first-order valence-electron chi connectivity index (χ1n) is 10.9. The van der Waals surface area contributed by atoms with E-state index < -0.39 is 10.7 Å². The molecule has 1 fully saturated rings. The number of rotatable bonds is 5. The van der Waals surface area contributed by atoms with E-state index in [0.717, 1.165) is 11.1 Å². The van der Waals surface area contributed by atoms with Crippen LogP contribution in [-0.4, -0.2) is 30.0 Å². The average Bonchev–Trinajstić information content (AvgIpc) is 3.29. The lowest BCUT2D eigenvalue weighted by Crippen LogP contribution is -2.51. The molecule has 0 aliphatic carbocycles. The van der Waals surface area contributed by atoms with Crippen molar-refractivity contribution in [1.29, 1.82) is 0 Å². The van der Waals surface area contributed by atoms with Gasteiger partial charge in [-0.05, 0) is 36.8 Å². The summed E-state index contributed by atoms with van der Waals surface area (Å²) in [4.78, 5) is 41.1. The molecule has 34 heavy (non-hydrogen) atoms. The van der Waals surface area contributed by atoms with Crippen molar-refractivity contribution in [2.24, 2.45) is 0 Å². The topological polar surface area (TPSA) is 69.7 Å². The molecule has 172 valence electrons. The van der Waals surface area contributed by atoms with Crippen LogP contribution >= 0.6 is 11.8 Å². The minimum atomic E-state index is -1.38. The fraction of sp³-hybridized carbons (Fsp3) is 0.192. The van der Waals surface area contributed by atoms with Crippen LogP contribution in [0.5, 0.6) is 0 Å². The largest absolute Gasteiger partial charge is 0.350 e. The van der Waals surface area contributed by atoms with Crippen molar-refractivity contribution in [3.8, 4) is 0 Å². The minimum Gasteiger partial charge on any atom is -0.350 e. The Labute approximate surface area is 200 Å². The van der Waals surface area contributed by atoms with Gasteiger partial charge in [0.15, 0.2) is 0 Å². The maximum Gasteiger partial charge on any atom is 0.269 e. The Bertz CT molecular complexity index is 1300. The number of fused-ring (bicyclic) bond motifs is 2. The van der Waals surface area contributed by atoms with Crippen LogP contribution in [0.1, 0.15) is 16.7 Å². The number of anilines is 2. The van der Waals surface area contributed by atoms with Gasteiger partial charge in [-0.1, -0.05) is 54.1 Å². The van der Waals surface area contributed by atoms with E-state index in [1.165, 1.54) is 39.8 Å². The van der Waals surface area contributed by atoms with Crippen LogP contribution in [0, 0.1) is 12.7 Å². The van der Waals surface area contributed by atoms with Crippen LogP contribution in [-0.2, 0) is 25.8 Å². The molecule has 1 N–H and O–H groups in total. The van der Waals surface area contributed by atoms with E-state index >= 15 is 0 Å². The third-order valence-corrected chi connectivity index (χ3v) is 7.43. The number of carbonyl (C=O) groups is 3. The monoisotopic (exact) mass is 475 g/mol. The summed E-state index contributed by atoms with van der Waals surface area (Å²) < 4.78 is 14.0. The lowest BCUT2D eigenvalue weighted by atomic mass is 10.0. The van der Waals surface area contributed by atoms with Gasteiger partial charge in [0.1, 0.15) is 12.4 Å². The van der Waals surface area contributed by atoms with Crippen LogP contribution in [0.3, 0.4) is 0 Å². The van der Waals surface area contributed by atoms with E-state index in [-0.39, 0.29) is 30.0 Å². The van der Waals surface area contributed by atoms with E-state index in [2.05, 4.69) is 5.32 Å². The number of hydrogen-bond donors (Lipinski definition) is 1. The van der Waals surface area contributed by atoms with Gasteiger partial charge < -0.3 is 5.32 Å². The molecule has 0 saturated carbocycles. The zero-order chi connectivity index (χ0) is 23.9. The summed E-state index contributed by atoms with van der Waals surface area (Å²) in [7, 11) is 0. The molecule has 0 unspecified atom stereocenters. The van der Waals surface area contributed by atoms with Crippen molar-refractivity contribution in [1.82, 2.24) is 5.32 Å². The molecule has 3 aromatic rings. The lowest BCUT2D eigenvalue weighted by molar-refractivity contribution is -0.125. The number of para-hydroxylation sites is 1. The summed E-state index contributed by atoms with van der Waals surface area (Å²) in [6.07, 6.45) is 0. The van der Waals surface area contributed by atoms with Crippen molar-refractivity contribution < 1.29 is 18.8 Å².